The van der Waals surface area contributed by atoms with Crippen molar-refractivity contribution >= 4 is 11.9 Å². The minimum atomic E-state index is -0.914. The topological polar surface area (TPSA) is 85.4 Å². The van der Waals surface area contributed by atoms with Gasteiger partial charge in [-0.15, -0.1) is 0 Å². The van der Waals surface area contributed by atoms with Gasteiger partial charge in [-0.05, 0) is 13.0 Å². The maximum absolute atomic E-state index is 11.5. The Labute approximate surface area is 105 Å². The quantitative estimate of drug-likeness (QED) is 0.402. The fourth-order valence-electron chi connectivity index (χ4n) is 1.90. The molecule has 0 amide bonds. The molecule has 0 aromatic carbocycles. The SMILES string of the molecule is CC(=O)O[C@@H]1/C=C/[C@@H]2O[C@@H]2C(=O)O[C@H](C)C[C@H]1O. The van der Waals surface area contributed by atoms with Gasteiger partial charge in [-0.3, -0.25) is 4.79 Å². The lowest BCUT2D eigenvalue weighted by Crippen LogP contribution is -2.34. The number of aliphatic hydroxyl groups excluding tert-OH is 1. The van der Waals surface area contributed by atoms with Crippen molar-refractivity contribution in [2.24, 2.45) is 0 Å². The summed E-state index contributed by atoms with van der Waals surface area (Å²) in [5, 5.41) is 9.94. The van der Waals surface area contributed by atoms with Crippen molar-refractivity contribution in [3.63, 3.8) is 0 Å². The maximum atomic E-state index is 11.5. The summed E-state index contributed by atoms with van der Waals surface area (Å²) in [6.45, 7) is 2.95. The second kappa shape index (κ2) is 5.07. The summed E-state index contributed by atoms with van der Waals surface area (Å²) in [5.41, 5.74) is 0. The molecule has 0 aromatic rings. The molecular weight excluding hydrogens is 240 g/mol. The second-order valence-electron chi connectivity index (χ2n) is 4.53. The summed E-state index contributed by atoms with van der Waals surface area (Å²) >= 11 is 0. The molecule has 18 heavy (non-hydrogen) atoms. The third-order valence-corrected chi connectivity index (χ3v) is 2.82. The molecule has 0 aliphatic carbocycles. The van der Waals surface area contributed by atoms with E-state index in [9.17, 15) is 14.7 Å². The first kappa shape index (κ1) is 13.0. The van der Waals surface area contributed by atoms with Crippen LogP contribution in [0.5, 0.6) is 0 Å². The van der Waals surface area contributed by atoms with Gasteiger partial charge in [0.15, 0.2) is 6.10 Å². The first-order valence-electron chi connectivity index (χ1n) is 5.87. The Hall–Kier alpha value is -1.40. The smallest absolute Gasteiger partial charge is 0.338 e. The van der Waals surface area contributed by atoms with Gasteiger partial charge in [0.1, 0.15) is 18.3 Å². The van der Waals surface area contributed by atoms with Crippen molar-refractivity contribution in [1.82, 2.24) is 0 Å². The molecule has 1 fully saturated rings. The van der Waals surface area contributed by atoms with Gasteiger partial charge in [-0.2, -0.15) is 0 Å². The molecule has 0 spiro atoms. The van der Waals surface area contributed by atoms with Crippen molar-refractivity contribution in [2.75, 3.05) is 0 Å². The van der Waals surface area contributed by atoms with Crippen LogP contribution in [-0.2, 0) is 23.8 Å². The van der Waals surface area contributed by atoms with Crippen LogP contribution in [0.2, 0.25) is 0 Å². The summed E-state index contributed by atoms with van der Waals surface area (Å²) in [6.07, 6.45) is 0.327. The number of carbonyl (C=O) groups is 2. The number of esters is 2. The van der Waals surface area contributed by atoms with Crippen LogP contribution in [0.4, 0.5) is 0 Å². The van der Waals surface area contributed by atoms with Crippen molar-refractivity contribution in [1.29, 1.82) is 0 Å². The zero-order valence-electron chi connectivity index (χ0n) is 10.2. The first-order chi connectivity index (χ1) is 8.47. The molecule has 0 unspecified atom stereocenters. The van der Waals surface area contributed by atoms with Gasteiger partial charge in [0.25, 0.3) is 0 Å². The van der Waals surface area contributed by atoms with E-state index in [0.717, 1.165) is 0 Å². The number of epoxide rings is 1. The Balaban J connectivity index is 2.11. The molecule has 6 nitrogen and oxygen atoms in total. The summed E-state index contributed by atoms with van der Waals surface area (Å²) in [5.74, 6) is -0.894. The number of cyclic esters (lactones) is 1. The fourth-order valence-corrected chi connectivity index (χ4v) is 1.90. The van der Waals surface area contributed by atoms with E-state index in [-0.39, 0.29) is 12.5 Å². The highest BCUT2D eigenvalue weighted by molar-refractivity contribution is 5.78. The monoisotopic (exact) mass is 256 g/mol. The second-order valence-corrected chi connectivity index (χ2v) is 4.53. The Morgan fingerprint density at radius 3 is 2.89 bits per heavy atom. The molecular formula is C12H16O6. The van der Waals surface area contributed by atoms with Crippen LogP contribution in [0, 0.1) is 0 Å². The van der Waals surface area contributed by atoms with Gasteiger partial charge < -0.3 is 19.3 Å². The third-order valence-electron chi connectivity index (χ3n) is 2.82. The Morgan fingerprint density at radius 2 is 2.22 bits per heavy atom. The lowest BCUT2D eigenvalue weighted by Gasteiger charge is -2.23. The highest BCUT2D eigenvalue weighted by atomic mass is 16.6. The van der Waals surface area contributed by atoms with Crippen molar-refractivity contribution in [3.8, 4) is 0 Å². The molecule has 2 rings (SSSR count). The maximum Gasteiger partial charge on any atom is 0.338 e. The lowest BCUT2D eigenvalue weighted by atomic mass is 10.1. The summed E-state index contributed by atoms with van der Waals surface area (Å²) < 4.78 is 15.2. The van der Waals surface area contributed by atoms with Crippen LogP contribution < -0.4 is 0 Å². The average Bonchev–Trinajstić information content (AvgIpc) is 3.01. The average molecular weight is 256 g/mol. The van der Waals surface area contributed by atoms with Crippen LogP contribution in [0.15, 0.2) is 12.2 Å². The fraction of sp³-hybridized carbons (Fsp3) is 0.667. The lowest BCUT2D eigenvalue weighted by molar-refractivity contribution is -0.156. The van der Waals surface area contributed by atoms with E-state index in [0.29, 0.717) is 0 Å². The third kappa shape index (κ3) is 3.08. The van der Waals surface area contributed by atoms with Crippen LogP contribution in [0.3, 0.4) is 0 Å². The number of carbonyl (C=O) groups excluding carboxylic acids is 2. The first-order valence-corrected chi connectivity index (χ1v) is 5.87. The molecule has 0 saturated carbocycles. The molecule has 100 valence electrons. The predicted molar refractivity (Wildman–Crippen MR) is 59.5 cm³/mol. The molecule has 5 atom stereocenters. The number of ether oxygens (including phenoxy) is 3. The van der Waals surface area contributed by atoms with Crippen LogP contribution in [0.25, 0.3) is 0 Å². The Kier molecular flexibility index (Phi) is 3.68. The number of hydrogen-bond acceptors (Lipinski definition) is 6. The van der Waals surface area contributed by atoms with Gasteiger partial charge in [-0.25, -0.2) is 4.79 Å². The summed E-state index contributed by atoms with van der Waals surface area (Å²) in [4.78, 5) is 22.5. The van der Waals surface area contributed by atoms with Crippen molar-refractivity contribution in [3.05, 3.63) is 12.2 Å². The van der Waals surface area contributed by atoms with Gasteiger partial charge in [0.2, 0.25) is 0 Å². The zero-order chi connectivity index (χ0) is 13.3. The highest BCUT2D eigenvalue weighted by Crippen LogP contribution is 2.27. The number of fused-ring (bicyclic) bond motifs is 1. The van der Waals surface area contributed by atoms with Crippen LogP contribution >= 0.6 is 0 Å². The number of aliphatic hydroxyl groups is 1. The molecule has 0 bridgehead atoms. The Bertz CT molecular complexity index is 377. The summed E-state index contributed by atoms with van der Waals surface area (Å²) in [6, 6.07) is 0. The Morgan fingerprint density at radius 1 is 1.50 bits per heavy atom. The molecule has 2 aliphatic rings. The van der Waals surface area contributed by atoms with Crippen molar-refractivity contribution < 1.29 is 28.9 Å². The normalized spacial score (nSPS) is 41.3. The van der Waals surface area contributed by atoms with Gasteiger partial charge in [0, 0.05) is 13.3 Å². The van der Waals surface area contributed by atoms with E-state index in [2.05, 4.69) is 0 Å². The molecule has 6 heteroatoms. The largest absolute Gasteiger partial charge is 0.461 e. The van der Waals surface area contributed by atoms with Crippen LogP contribution in [-0.4, -0.2) is 47.6 Å². The molecule has 2 heterocycles. The van der Waals surface area contributed by atoms with Crippen LogP contribution in [0.1, 0.15) is 20.3 Å². The van der Waals surface area contributed by atoms with E-state index in [1.165, 1.54) is 6.92 Å². The van der Waals surface area contributed by atoms with E-state index in [1.807, 2.05) is 0 Å². The predicted octanol–water partition coefficient (Wildman–Crippen LogP) is -0.0620. The number of rotatable bonds is 1. The summed E-state index contributed by atoms with van der Waals surface area (Å²) in [7, 11) is 0. The molecule has 2 aliphatic heterocycles. The molecule has 1 saturated heterocycles. The van der Waals surface area contributed by atoms with Gasteiger partial charge in [-0.1, -0.05) is 6.08 Å². The molecule has 0 aromatic heterocycles. The van der Waals surface area contributed by atoms with Gasteiger partial charge in [0.05, 0.1) is 6.10 Å². The van der Waals surface area contributed by atoms with E-state index in [4.69, 9.17) is 14.2 Å². The standard InChI is InChI=1S/C12H16O6/c1-6-5-8(14)9(17-7(2)13)3-4-10-11(18-10)12(15)16-6/h3-4,6,8-11,14H,5H2,1-2H3/b4-3+/t6-,8-,9-,10+,11+/m1/s1. The zero-order valence-corrected chi connectivity index (χ0v) is 10.2. The number of hydrogen-bond donors (Lipinski definition) is 1. The highest BCUT2D eigenvalue weighted by Gasteiger charge is 2.46. The molecule has 0 radical (unpaired) electrons. The van der Waals surface area contributed by atoms with E-state index >= 15 is 0 Å². The van der Waals surface area contributed by atoms with Gasteiger partial charge >= 0.3 is 11.9 Å². The van der Waals surface area contributed by atoms with E-state index < -0.39 is 36.4 Å². The van der Waals surface area contributed by atoms with Crippen molar-refractivity contribution in [2.45, 2.75) is 50.8 Å². The molecule has 1 N–H and O–H groups in total. The van der Waals surface area contributed by atoms with E-state index in [1.54, 1.807) is 19.1 Å². The minimum absolute atomic E-state index is 0.200. The minimum Gasteiger partial charge on any atom is -0.461 e.